The van der Waals surface area contributed by atoms with E-state index in [0.717, 1.165) is 11.8 Å². The lowest BCUT2D eigenvalue weighted by Crippen LogP contribution is -2.55. The standard InChI is InChI=1S/C13H17N3O5S2/c1-8-4-9(16-21-8)14-10(17)5-23-6-11(18)15-13(12(19)20)2-3-22-7-13/h4H,2-3,5-7H2,1H3,(H,15,18)(H,19,20)(H,14,16,17). The maximum Gasteiger partial charge on any atom is 0.330 e. The van der Waals surface area contributed by atoms with Gasteiger partial charge < -0.3 is 20.3 Å². The van der Waals surface area contributed by atoms with E-state index in [-0.39, 0.29) is 23.3 Å². The van der Waals surface area contributed by atoms with Crippen molar-refractivity contribution in [1.29, 1.82) is 0 Å². The van der Waals surface area contributed by atoms with Gasteiger partial charge in [0, 0.05) is 11.8 Å². The first-order valence-electron chi connectivity index (χ1n) is 6.84. The Morgan fingerprint density at radius 2 is 2.17 bits per heavy atom. The van der Waals surface area contributed by atoms with Crippen LogP contribution in [0.25, 0.3) is 0 Å². The zero-order valence-electron chi connectivity index (χ0n) is 12.5. The first-order valence-corrected chi connectivity index (χ1v) is 9.15. The van der Waals surface area contributed by atoms with Gasteiger partial charge in [0.15, 0.2) is 5.82 Å². The number of carboxylic acids is 1. The molecule has 10 heteroatoms. The molecule has 0 aliphatic carbocycles. The van der Waals surface area contributed by atoms with E-state index >= 15 is 0 Å². The van der Waals surface area contributed by atoms with Crippen molar-refractivity contribution < 1.29 is 24.0 Å². The molecular weight excluding hydrogens is 342 g/mol. The van der Waals surface area contributed by atoms with E-state index in [9.17, 15) is 19.5 Å². The van der Waals surface area contributed by atoms with Crippen LogP contribution < -0.4 is 10.6 Å². The number of carbonyl (C=O) groups is 3. The van der Waals surface area contributed by atoms with Gasteiger partial charge in [-0.1, -0.05) is 5.16 Å². The second kappa shape index (κ2) is 7.73. The van der Waals surface area contributed by atoms with Crippen LogP contribution in [-0.4, -0.2) is 56.6 Å². The summed E-state index contributed by atoms with van der Waals surface area (Å²) in [5.41, 5.74) is -1.18. The number of amides is 2. The highest BCUT2D eigenvalue weighted by Crippen LogP contribution is 2.28. The Bertz CT molecular complexity index is 598. The molecule has 126 valence electrons. The van der Waals surface area contributed by atoms with Gasteiger partial charge in [-0.3, -0.25) is 9.59 Å². The molecule has 8 nitrogen and oxygen atoms in total. The van der Waals surface area contributed by atoms with Crippen LogP contribution in [0.1, 0.15) is 12.2 Å². The molecule has 0 bridgehead atoms. The third kappa shape index (κ3) is 4.90. The molecule has 23 heavy (non-hydrogen) atoms. The number of hydrogen-bond donors (Lipinski definition) is 3. The number of hydrogen-bond acceptors (Lipinski definition) is 7. The van der Waals surface area contributed by atoms with Gasteiger partial charge >= 0.3 is 5.97 Å². The summed E-state index contributed by atoms with van der Waals surface area (Å²) < 4.78 is 4.82. The zero-order chi connectivity index (χ0) is 16.9. The summed E-state index contributed by atoms with van der Waals surface area (Å²) in [7, 11) is 0. The number of aliphatic carboxylic acids is 1. The van der Waals surface area contributed by atoms with Crippen molar-refractivity contribution in [3.63, 3.8) is 0 Å². The van der Waals surface area contributed by atoms with E-state index < -0.39 is 11.5 Å². The molecule has 1 unspecified atom stereocenters. The molecule has 1 saturated heterocycles. The summed E-state index contributed by atoms with van der Waals surface area (Å²) in [4.78, 5) is 34.9. The van der Waals surface area contributed by atoms with E-state index in [1.807, 2.05) is 0 Å². The molecule has 1 aromatic rings. The first kappa shape index (κ1) is 17.7. The molecule has 1 atom stereocenters. The molecule has 3 N–H and O–H groups in total. The largest absolute Gasteiger partial charge is 0.479 e. The molecule has 1 aliphatic heterocycles. The van der Waals surface area contributed by atoms with E-state index in [2.05, 4.69) is 15.8 Å². The summed E-state index contributed by atoms with van der Waals surface area (Å²) >= 11 is 2.61. The van der Waals surface area contributed by atoms with Gasteiger partial charge in [-0.05, 0) is 19.1 Å². The van der Waals surface area contributed by atoms with Crippen molar-refractivity contribution in [1.82, 2.24) is 10.5 Å². The van der Waals surface area contributed by atoms with Crippen LogP contribution in [0.15, 0.2) is 10.6 Å². The Hall–Kier alpha value is -1.68. The van der Waals surface area contributed by atoms with Crippen LogP contribution in [0.3, 0.4) is 0 Å². The SMILES string of the molecule is Cc1cc(NC(=O)CSCC(=O)NC2(C(=O)O)CCSC2)no1. The van der Waals surface area contributed by atoms with Crippen LogP contribution >= 0.6 is 23.5 Å². The Kier molecular flexibility index (Phi) is 5.94. The normalized spacial score (nSPS) is 20.2. The lowest BCUT2D eigenvalue weighted by atomic mass is 9.99. The average Bonchev–Trinajstić information content (AvgIpc) is 3.09. The number of aryl methyl sites for hydroxylation is 1. The Morgan fingerprint density at radius 1 is 1.43 bits per heavy atom. The predicted octanol–water partition coefficient (Wildman–Crippen LogP) is 0.731. The molecule has 1 fully saturated rings. The third-order valence-corrected chi connectivity index (χ3v) is 5.29. The average molecular weight is 359 g/mol. The fourth-order valence-corrected chi connectivity index (χ4v) is 3.97. The van der Waals surface area contributed by atoms with Crippen molar-refractivity contribution in [2.75, 3.05) is 28.3 Å². The molecule has 0 spiro atoms. The molecule has 2 rings (SSSR count). The summed E-state index contributed by atoms with van der Waals surface area (Å²) in [6.07, 6.45) is 0.412. The van der Waals surface area contributed by atoms with Crippen molar-refractivity contribution in [3.8, 4) is 0 Å². The number of rotatable bonds is 7. The molecule has 0 saturated carbocycles. The molecule has 2 amide bonds. The minimum absolute atomic E-state index is 0.0188. The lowest BCUT2D eigenvalue weighted by Gasteiger charge is -2.24. The van der Waals surface area contributed by atoms with Crippen molar-refractivity contribution >= 4 is 47.1 Å². The van der Waals surface area contributed by atoms with Gasteiger partial charge in [-0.15, -0.1) is 11.8 Å². The van der Waals surface area contributed by atoms with Crippen LogP contribution in [0.5, 0.6) is 0 Å². The zero-order valence-corrected chi connectivity index (χ0v) is 14.1. The van der Waals surface area contributed by atoms with E-state index in [1.54, 1.807) is 13.0 Å². The summed E-state index contributed by atoms with van der Waals surface area (Å²) in [5.74, 6) is 0.361. The van der Waals surface area contributed by atoms with Gasteiger partial charge in [0.2, 0.25) is 11.8 Å². The highest BCUT2D eigenvalue weighted by molar-refractivity contribution is 8.00. The van der Waals surface area contributed by atoms with E-state index in [1.165, 1.54) is 11.8 Å². The van der Waals surface area contributed by atoms with Crippen LogP contribution in [0.2, 0.25) is 0 Å². The lowest BCUT2D eigenvalue weighted by molar-refractivity contribution is -0.146. The predicted molar refractivity (Wildman–Crippen MR) is 87.6 cm³/mol. The molecular formula is C13H17N3O5S2. The summed E-state index contributed by atoms with van der Waals surface area (Å²) in [5, 5.41) is 18.0. The number of aromatic nitrogens is 1. The summed E-state index contributed by atoms with van der Waals surface area (Å²) in [6, 6.07) is 1.59. The maximum absolute atomic E-state index is 11.9. The fraction of sp³-hybridized carbons (Fsp3) is 0.538. The summed E-state index contributed by atoms with van der Waals surface area (Å²) in [6.45, 7) is 1.71. The highest BCUT2D eigenvalue weighted by atomic mass is 32.2. The maximum atomic E-state index is 11.9. The number of carbonyl (C=O) groups excluding carboxylic acids is 2. The second-order valence-electron chi connectivity index (χ2n) is 5.10. The number of nitrogens with one attached hydrogen (secondary N) is 2. The Balaban J connectivity index is 1.72. The fourth-order valence-electron chi connectivity index (χ4n) is 2.03. The van der Waals surface area contributed by atoms with Crippen LogP contribution in [0, 0.1) is 6.92 Å². The number of nitrogens with zero attached hydrogens (tertiary/aromatic N) is 1. The number of thioether (sulfide) groups is 2. The van der Waals surface area contributed by atoms with Gasteiger partial charge in [-0.2, -0.15) is 11.8 Å². The molecule has 1 aromatic heterocycles. The van der Waals surface area contributed by atoms with Gasteiger partial charge in [0.05, 0.1) is 11.5 Å². The van der Waals surface area contributed by atoms with E-state index in [0.29, 0.717) is 29.5 Å². The monoisotopic (exact) mass is 359 g/mol. The molecule has 0 radical (unpaired) electrons. The Labute approximate surface area is 141 Å². The molecule has 1 aliphatic rings. The van der Waals surface area contributed by atoms with Crippen molar-refractivity contribution in [3.05, 3.63) is 11.8 Å². The van der Waals surface area contributed by atoms with Crippen LogP contribution in [-0.2, 0) is 14.4 Å². The quantitative estimate of drug-likeness (QED) is 0.651. The Morgan fingerprint density at radius 3 is 2.74 bits per heavy atom. The number of carboxylic acid groups (broad SMARTS) is 1. The number of anilines is 1. The first-order chi connectivity index (χ1) is 10.9. The molecule has 0 aromatic carbocycles. The van der Waals surface area contributed by atoms with Crippen molar-refractivity contribution in [2.45, 2.75) is 18.9 Å². The molecule has 2 heterocycles. The smallest absolute Gasteiger partial charge is 0.330 e. The minimum atomic E-state index is -1.18. The van der Waals surface area contributed by atoms with Crippen LogP contribution in [0.4, 0.5) is 5.82 Å². The highest BCUT2D eigenvalue weighted by Gasteiger charge is 2.43. The van der Waals surface area contributed by atoms with E-state index in [4.69, 9.17) is 4.52 Å². The van der Waals surface area contributed by atoms with Crippen molar-refractivity contribution in [2.24, 2.45) is 0 Å². The van der Waals surface area contributed by atoms with Gasteiger partial charge in [0.1, 0.15) is 11.3 Å². The topological polar surface area (TPSA) is 122 Å². The van der Waals surface area contributed by atoms with Gasteiger partial charge in [-0.25, -0.2) is 4.79 Å². The second-order valence-corrected chi connectivity index (χ2v) is 7.19. The minimum Gasteiger partial charge on any atom is -0.479 e. The third-order valence-electron chi connectivity index (χ3n) is 3.17. The van der Waals surface area contributed by atoms with Gasteiger partial charge in [0.25, 0.3) is 0 Å².